The molecule has 0 saturated carbocycles. The molecule has 0 aromatic rings. The summed E-state index contributed by atoms with van der Waals surface area (Å²) in [5.74, 6) is 1.96. The predicted molar refractivity (Wildman–Crippen MR) is 60.2 cm³/mol. The van der Waals surface area contributed by atoms with E-state index in [1.165, 1.54) is 23.4 Å². The third-order valence-corrected chi connectivity index (χ3v) is 4.81. The molecule has 2 heteroatoms. The Morgan fingerprint density at radius 1 is 0.923 bits per heavy atom. The second-order valence-corrected chi connectivity index (χ2v) is 5.31. The molecule has 0 rings (SSSR count). The van der Waals surface area contributed by atoms with E-state index in [-0.39, 0.29) is 0 Å². The second kappa shape index (κ2) is 12.5. The maximum absolute atomic E-state index is 8.25. The Bertz CT molecular complexity index is 76.2. The van der Waals surface area contributed by atoms with E-state index >= 15 is 0 Å². The van der Waals surface area contributed by atoms with Crippen molar-refractivity contribution < 1.29 is 5.11 Å². The number of hydrogen-bond acceptors (Lipinski definition) is 1. The van der Waals surface area contributed by atoms with E-state index < -0.39 is 0 Å². The average Bonchev–Trinajstić information content (AvgIpc) is 2.20. The van der Waals surface area contributed by atoms with Crippen LogP contribution in [0.3, 0.4) is 0 Å². The summed E-state index contributed by atoms with van der Waals surface area (Å²) in [6.07, 6.45) is 2.74. The van der Waals surface area contributed by atoms with Crippen molar-refractivity contribution in [3.8, 4) is 0 Å². The summed E-state index contributed by atoms with van der Waals surface area (Å²) in [6.45, 7) is 9.36. The molecule has 0 amide bonds. The maximum atomic E-state index is 8.25. The van der Waals surface area contributed by atoms with Crippen molar-refractivity contribution in [3.63, 3.8) is 0 Å². The summed E-state index contributed by atoms with van der Waals surface area (Å²) in [4.78, 5) is 0. The van der Waals surface area contributed by atoms with Gasteiger partial charge in [0.1, 0.15) is 0 Å². The van der Waals surface area contributed by atoms with Crippen molar-refractivity contribution in [3.05, 3.63) is 0 Å². The third-order valence-electron chi connectivity index (χ3n) is 2.53. The normalized spacial score (nSPS) is 13.7. The van der Waals surface area contributed by atoms with Crippen molar-refractivity contribution in [2.24, 2.45) is 11.8 Å². The van der Waals surface area contributed by atoms with E-state index in [1.54, 1.807) is 0 Å². The zero-order valence-electron chi connectivity index (χ0n) is 9.97. The van der Waals surface area contributed by atoms with E-state index in [9.17, 15) is 0 Å². The molecule has 0 fully saturated rings. The van der Waals surface area contributed by atoms with Crippen LogP contribution in [0.4, 0.5) is 0 Å². The minimum atomic E-state index is 0.750. The fourth-order valence-electron chi connectivity index (χ4n) is 0.999. The van der Waals surface area contributed by atoms with Crippen LogP contribution < -0.4 is 5.11 Å². The quantitative estimate of drug-likeness (QED) is 0.604. The van der Waals surface area contributed by atoms with Gasteiger partial charge in [-0.3, -0.25) is 0 Å². The fourth-order valence-corrected chi connectivity index (χ4v) is 3.00. The smallest absolute Gasteiger partial charge is 0.153 e. The zero-order chi connectivity index (χ0) is 10.7. The molecule has 0 aliphatic heterocycles. The molecule has 0 heterocycles. The molecule has 0 N–H and O–H groups in total. The van der Waals surface area contributed by atoms with Crippen molar-refractivity contribution >= 4 is 15.2 Å². The molecule has 0 spiro atoms. The summed E-state index contributed by atoms with van der Waals surface area (Å²) in [6, 6.07) is 0. The number of rotatable bonds is 6. The Labute approximate surface area is 90.6 Å². The first kappa shape index (κ1) is 15.9. The summed E-state index contributed by atoms with van der Waals surface area (Å²) in [5.41, 5.74) is 0. The predicted octanol–water partition coefficient (Wildman–Crippen LogP) is 2.60. The van der Waals surface area contributed by atoms with Crippen molar-refractivity contribution in [1.29, 1.82) is 0 Å². The van der Waals surface area contributed by atoms with Crippen LogP contribution in [-0.2, 0) is 0 Å². The molecular weight excluding hydrogens is 175 g/mol. The SMILES string of the molecule is CCC(C)[CH2][Al+][CH2]C(C)CC.C[O-]. The second-order valence-electron chi connectivity index (χ2n) is 3.79. The van der Waals surface area contributed by atoms with Gasteiger partial charge in [-0.15, -0.1) is 0 Å². The summed E-state index contributed by atoms with van der Waals surface area (Å²) in [7, 11) is 0.750. The minimum Gasteiger partial charge on any atom is -0.857 e. The molecule has 0 aliphatic carbocycles. The van der Waals surface area contributed by atoms with Gasteiger partial charge in [-0.05, 0) is 0 Å². The van der Waals surface area contributed by atoms with Gasteiger partial charge in [0, 0.05) is 0 Å². The van der Waals surface area contributed by atoms with E-state index in [2.05, 4.69) is 27.7 Å². The van der Waals surface area contributed by atoms with Gasteiger partial charge in [-0.2, -0.15) is 7.11 Å². The first-order valence-electron chi connectivity index (χ1n) is 5.43. The van der Waals surface area contributed by atoms with Gasteiger partial charge in [0.15, 0.2) is 0 Å². The maximum Gasteiger partial charge on any atom is -0.153 e. The Kier molecular flexibility index (Phi) is 15.3. The van der Waals surface area contributed by atoms with Gasteiger partial charge in [-0.1, -0.05) is 0 Å². The van der Waals surface area contributed by atoms with Crippen molar-refractivity contribution in [2.75, 3.05) is 7.11 Å². The third kappa shape index (κ3) is 12.5. The van der Waals surface area contributed by atoms with Gasteiger partial charge in [0.05, 0.1) is 0 Å². The van der Waals surface area contributed by atoms with Gasteiger partial charge >= 0.3 is 78.2 Å². The molecule has 2 atom stereocenters. The molecule has 0 radical (unpaired) electrons. The molecule has 0 aromatic carbocycles. The van der Waals surface area contributed by atoms with Crippen LogP contribution in [0.2, 0.25) is 10.6 Å². The van der Waals surface area contributed by atoms with Gasteiger partial charge in [0.25, 0.3) is 0 Å². The first-order chi connectivity index (χ1) is 6.20. The molecule has 0 aliphatic rings. The van der Waals surface area contributed by atoms with E-state index in [4.69, 9.17) is 5.11 Å². The van der Waals surface area contributed by atoms with Crippen LogP contribution >= 0.6 is 0 Å². The van der Waals surface area contributed by atoms with Crippen LogP contribution in [0.1, 0.15) is 40.5 Å². The summed E-state index contributed by atoms with van der Waals surface area (Å²) < 4.78 is 0. The van der Waals surface area contributed by atoms with Gasteiger partial charge in [0.2, 0.25) is 0 Å². The van der Waals surface area contributed by atoms with Gasteiger partial charge in [-0.25, -0.2) is 0 Å². The van der Waals surface area contributed by atoms with E-state index in [0.29, 0.717) is 0 Å². The Balaban J connectivity index is 0. The first-order valence-corrected chi connectivity index (χ1v) is 7.06. The minimum absolute atomic E-state index is 0.750. The van der Waals surface area contributed by atoms with Crippen LogP contribution in [0, 0.1) is 11.8 Å². The van der Waals surface area contributed by atoms with Crippen molar-refractivity contribution in [1.82, 2.24) is 0 Å². The molecule has 1 nitrogen and oxygen atoms in total. The Morgan fingerprint density at radius 2 is 1.23 bits per heavy atom. The van der Waals surface area contributed by atoms with Crippen LogP contribution in [0.25, 0.3) is 0 Å². The number of hydrogen-bond donors (Lipinski definition) is 0. The molecule has 0 saturated heterocycles. The van der Waals surface area contributed by atoms with E-state index in [0.717, 1.165) is 34.2 Å². The molecule has 78 valence electrons. The molecule has 0 bridgehead atoms. The molecule has 0 aromatic heterocycles. The zero-order valence-corrected chi connectivity index (χ0v) is 11.1. The average molecular weight is 200 g/mol. The summed E-state index contributed by atoms with van der Waals surface area (Å²) in [5, 5.41) is 11.3. The fraction of sp³-hybridized carbons (Fsp3) is 1.00. The van der Waals surface area contributed by atoms with Crippen LogP contribution in [0.5, 0.6) is 0 Å². The van der Waals surface area contributed by atoms with Crippen LogP contribution in [-0.4, -0.2) is 22.3 Å². The largest absolute Gasteiger partial charge is 0.857 e. The monoisotopic (exact) mass is 200 g/mol. The Hall–Kier alpha value is 0.492. The molecule has 2 unspecified atom stereocenters. The van der Waals surface area contributed by atoms with E-state index in [1.807, 2.05) is 0 Å². The Morgan fingerprint density at radius 3 is 1.46 bits per heavy atom. The van der Waals surface area contributed by atoms with Crippen molar-refractivity contribution in [2.45, 2.75) is 51.1 Å². The standard InChI is InChI=1S/2C5H11.CH3O.Al/c2*1-4-5(2)3;1-2;/h2*5H,2,4H2,1,3H3;1H3;/q;;-1;+1. The summed E-state index contributed by atoms with van der Waals surface area (Å²) >= 11 is 0.750. The van der Waals surface area contributed by atoms with Crippen LogP contribution in [0.15, 0.2) is 0 Å². The van der Waals surface area contributed by atoms with Gasteiger partial charge < -0.3 is 5.11 Å². The molecular formula is C11H25AlO. The topological polar surface area (TPSA) is 23.1 Å². The molecule has 13 heavy (non-hydrogen) atoms.